The van der Waals surface area contributed by atoms with Gasteiger partial charge in [0.2, 0.25) is 11.8 Å². The summed E-state index contributed by atoms with van der Waals surface area (Å²) in [6.45, 7) is 4.55. The maximum atomic E-state index is 8.28. The minimum absolute atomic E-state index is 0.0945. The zero-order chi connectivity index (χ0) is 20.1. The highest BCUT2D eigenvalue weighted by Crippen LogP contribution is 2.19. The summed E-state index contributed by atoms with van der Waals surface area (Å²) in [5, 5.41) is 19.5. The summed E-state index contributed by atoms with van der Waals surface area (Å²) >= 11 is 0. The molecule has 0 aliphatic rings. The van der Waals surface area contributed by atoms with E-state index in [1.807, 2.05) is 62.5 Å². The largest absolute Gasteiger partial charge is 0.419 e. The molecule has 6 nitrogen and oxygen atoms in total. The summed E-state index contributed by atoms with van der Waals surface area (Å²) in [6, 6.07) is 15.4. The summed E-state index contributed by atoms with van der Waals surface area (Å²) < 4.78 is 5.46. The minimum Gasteiger partial charge on any atom is -0.419 e. The standard InChI is InChI=1S/C22H23N5O/c1-14-4-8-17(9-5-14)19-13-26-15(2)20(27-19)22(24)28-21(23)18-10-6-16(7-11-18)12-25-3/h4-11,13,23-25H,12H2,1-3H3. The fraction of sp³-hybridized carbons (Fsp3) is 0.182. The van der Waals surface area contributed by atoms with Crippen molar-refractivity contribution in [2.45, 2.75) is 20.4 Å². The van der Waals surface area contributed by atoms with Crippen LogP contribution in [-0.4, -0.2) is 28.8 Å². The minimum atomic E-state index is -0.191. The normalized spacial score (nSPS) is 10.5. The first kappa shape index (κ1) is 19.4. The van der Waals surface area contributed by atoms with Gasteiger partial charge in [-0.2, -0.15) is 0 Å². The van der Waals surface area contributed by atoms with E-state index in [9.17, 15) is 0 Å². The number of nitrogens with one attached hydrogen (secondary N) is 3. The summed E-state index contributed by atoms with van der Waals surface area (Å²) in [6.07, 6.45) is 1.68. The van der Waals surface area contributed by atoms with Crippen molar-refractivity contribution >= 4 is 11.8 Å². The average Bonchev–Trinajstić information content (AvgIpc) is 2.69. The van der Waals surface area contributed by atoms with Gasteiger partial charge in [-0.05, 0) is 38.6 Å². The van der Waals surface area contributed by atoms with Crippen LogP contribution in [0.4, 0.5) is 0 Å². The molecule has 0 fully saturated rings. The van der Waals surface area contributed by atoms with Gasteiger partial charge in [0.25, 0.3) is 0 Å². The predicted octanol–water partition coefficient (Wildman–Crippen LogP) is 3.85. The van der Waals surface area contributed by atoms with Crippen LogP contribution in [0.1, 0.15) is 28.1 Å². The molecule has 0 aliphatic heterocycles. The third kappa shape index (κ3) is 4.47. The van der Waals surface area contributed by atoms with E-state index < -0.39 is 0 Å². The van der Waals surface area contributed by atoms with Gasteiger partial charge >= 0.3 is 0 Å². The van der Waals surface area contributed by atoms with Crippen molar-refractivity contribution in [3.63, 3.8) is 0 Å². The Kier molecular flexibility index (Phi) is 5.91. The van der Waals surface area contributed by atoms with E-state index in [1.54, 1.807) is 13.1 Å². The van der Waals surface area contributed by atoms with Crippen LogP contribution < -0.4 is 5.32 Å². The maximum Gasteiger partial charge on any atom is 0.241 e. The van der Waals surface area contributed by atoms with Crippen LogP contribution in [0.5, 0.6) is 0 Å². The zero-order valence-electron chi connectivity index (χ0n) is 16.2. The summed E-state index contributed by atoms with van der Waals surface area (Å²) in [4.78, 5) is 8.89. The number of rotatable bonds is 5. The first-order valence-corrected chi connectivity index (χ1v) is 8.98. The predicted molar refractivity (Wildman–Crippen MR) is 111 cm³/mol. The highest BCUT2D eigenvalue weighted by molar-refractivity contribution is 6.04. The molecule has 0 aliphatic carbocycles. The molecule has 0 saturated carbocycles. The number of aromatic nitrogens is 2. The second-order valence-electron chi connectivity index (χ2n) is 6.54. The third-order valence-corrected chi connectivity index (χ3v) is 4.32. The molecule has 3 N–H and O–H groups in total. The van der Waals surface area contributed by atoms with Gasteiger partial charge in [0.1, 0.15) is 5.69 Å². The molecular formula is C22H23N5O. The molecule has 0 saturated heterocycles. The molecule has 142 valence electrons. The van der Waals surface area contributed by atoms with E-state index in [0.29, 0.717) is 22.6 Å². The smallest absolute Gasteiger partial charge is 0.241 e. The highest BCUT2D eigenvalue weighted by Gasteiger charge is 2.15. The molecule has 0 bridgehead atoms. The van der Waals surface area contributed by atoms with Crippen LogP contribution >= 0.6 is 0 Å². The van der Waals surface area contributed by atoms with Gasteiger partial charge < -0.3 is 10.1 Å². The van der Waals surface area contributed by atoms with Crippen molar-refractivity contribution in [2.24, 2.45) is 0 Å². The fourth-order valence-corrected chi connectivity index (χ4v) is 2.72. The van der Waals surface area contributed by atoms with E-state index in [2.05, 4.69) is 15.3 Å². The second-order valence-corrected chi connectivity index (χ2v) is 6.54. The van der Waals surface area contributed by atoms with Crippen molar-refractivity contribution in [3.8, 4) is 11.3 Å². The van der Waals surface area contributed by atoms with Gasteiger partial charge in [-0.25, -0.2) is 4.98 Å². The molecule has 0 atom stereocenters. The number of hydrogen-bond donors (Lipinski definition) is 3. The Hall–Kier alpha value is -3.38. The molecule has 2 aromatic carbocycles. The Labute approximate surface area is 164 Å². The molecule has 3 aromatic rings. The SMILES string of the molecule is CNCc1ccc(C(=N)OC(=N)c2nc(-c3ccc(C)cc3)cnc2C)cc1. The Bertz CT molecular complexity index is 994. The number of nitrogens with zero attached hydrogens (tertiary/aromatic N) is 2. The Morgan fingerprint density at radius 2 is 1.64 bits per heavy atom. The van der Waals surface area contributed by atoms with Crippen LogP contribution in [0, 0.1) is 24.7 Å². The van der Waals surface area contributed by atoms with Crippen LogP contribution in [0.15, 0.2) is 54.7 Å². The van der Waals surface area contributed by atoms with Gasteiger partial charge in [-0.1, -0.05) is 42.0 Å². The average molecular weight is 373 g/mol. The van der Waals surface area contributed by atoms with Crippen LogP contribution in [0.25, 0.3) is 11.3 Å². The number of hydrogen-bond acceptors (Lipinski definition) is 6. The lowest BCUT2D eigenvalue weighted by molar-refractivity contribution is 0.534. The van der Waals surface area contributed by atoms with Crippen molar-refractivity contribution in [1.82, 2.24) is 15.3 Å². The number of aryl methyl sites for hydroxylation is 2. The van der Waals surface area contributed by atoms with E-state index in [-0.39, 0.29) is 11.8 Å². The molecule has 1 aromatic heterocycles. The van der Waals surface area contributed by atoms with Crippen LogP contribution in [-0.2, 0) is 11.3 Å². The number of benzene rings is 2. The molecule has 0 amide bonds. The fourth-order valence-electron chi connectivity index (χ4n) is 2.72. The van der Waals surface area contributed by atoms with Crippen molar-refractivity contribution < 1.29 is 4.74 Å². The Balaban J connectivity index is 1.78. The Morgan fingerprint density at radius 3 is 2.29 bits per heavy atom. The lowest BCUT2D eigenvalue weighted by Gasteiger charge is -2.11. The maximum absolute atomic E-state index is 8.28. The summed E-state index contributed by atoms with van der Waals surface area (Å²) in [5.41, 5.74) is 5.37. The van der Waals surface area contributed by atoms with Gasteiger partial charge in [-0.15, -0.1) is 0 Å². The molecule has 28 heavy (non-hydrogen) atoms. The monoisotopic (exact) mass is 373 g/mol. The first-order valence-electron chi connectivity index (χ1n) is 8.98. The van der Waals surface area contributed by atoms with E-state index >= 15 is 0 Å². The second kappa shape index (κ2) is 8.54. The molecule has 0 unspecified atom stereocenters. The Morgan fingerprint density at radius 1 is 0.964 bits per heavy atom. The molecular weight excluding hydrogens is 350 g/mol. The highest BCUT2D eigenvalue weighted by atomic mass is 16.5. The summed E-state index contributed by atoms with van der Waals surface area (Å²) in [7, 11) is 1.88. The topological polar surface area (TPSA) is 94.7 Å². The first-order chi connectivity index (χ1) is 13.5. The van der Waals surface area contributed by atoms with Gasteiger partial charge in [0.05, 0.1) is 17.6 Å². The lowest BCUT2D eigenvalue weighted by Crippen LogP contribution is -2.16. The van der Waals surface area contributed by atoms with E-state index in [1.165, 1.54) is 0 Å². The zero-order valence-corrected chi connectivity index (χ0v) is 16.2. The van der Waals surface area contributed by atoms with Gasteiger partial charge in [0.15, 0.2) is 0 Å². The van der Waals surface area contributed by atoms with Gasteiger partial charge in [-0.3, -0.25) is 15.8 Å². The number of ether oxygens (including phenoxy) is 1. The van der Waals surface area contributed by atoms with Crippen molar-refractivity contribution in [3.05, 3.63) is 82.8 Å². The molecule has 3 rings (SSSR count). The van der Waals surface area contributed by atoms with Gasteiger partial charge in [0, 0.05) is 17.7 Å². The molecule has 0 radical (unpaired) electrons. The third-order valence-electron chi connectivity index (χ3n) is 4.32. The van der Waals surface area contributed by atoms with Crippen molar-refractivity contribution in [2.75, 3.05) is 7.05 Å². The van der Waals surface area contributed by atoms with E-state index in [0.717, 1.165) is 23.2 Å². The molecule has 1 heterocycles. The van der Waals surface area contributed by atoms with E-state index in [4.69, 9.17) is 15.6 Å². The molecule has 0 spiro atoms. The van der Waals surface area contributed by atoms with Crippen molar-refractivity contribution in [1.29, 1.82) is 10.8 Å². The quantitative estimate of drug-likeness (QED) is 0.468. The molecule has 6 heteroatoms. The summed E-state index contributed by atoms with van der Waals surface area (Å²) in [5.74, 6) is -0.286. The van der Waals surface area contributed by atoms with Crippen LogP contribution in [0.2, 0.25) is 0 Å². The van der Waals surface area contributed by atoms with Crippen LogP contribution in [0.3, 0.4) is 0 Å². The lowest BCUT2D eigenvalue weighted by atomic mass is 10.1.